The summed E-state index contributed by atoms with van der Waals surface area (Å²) in [5.41, 5.74) is 0. The molecule has 7 nitrogen and oxygen atoms in total. The zero-order chi connectivity index (χ0) is 11.1. The van der Waals surface area contributed by atoms with E-state index in [0.29, 0.717) is 0 Å². The van der Waals surface area contributed by atoms with Crippen molar-refractivity contribution in [2.24, 2.45) is 0 Å². The molecule has 0 amide bonds. The third-order valence-corrected chi connectivity index (χ3v) is 1.68. The summed E-state index contributed by atoms with van der Waals surface area (Å²) < 4.78 is 0. The Labute approximate surface area is 79.5 Å². The van der Waals surface area contributed by atoms with Crippen molar-refractivity contribution in [1.29, 1.82) is 0 Å². The number of hydrogen-bond acceptors (Lipinski definition) is 4. The Hall–Kier alpha value is -1.66. The molecule has 0 fully saturated rings. The van der Waals surface area contributed by atoms with Gasteiger partial charge in [-0.1, -0.05) is 0 Å². The van der Waals surface area contributed by atoms with Crippen molar-refractivity contribution < 1.29 is 24.7 Å². The molecule has 0 aromatic heterocycles. The van der Waals surface area contributed by atoms with Crippen LogP contribution < -0.4 is 0 Å². The molecule has 80 valence electrons. The van der Waals surface area contributed by atoms with Gasteiger partial charge in [-0.05, 0) is 0 Å². The van der Waals surface area contributed by atoms with Crippen LogP contribution in [0, 0.1) is 10.1 Å². The molecule has 0 bridgehead atoms. The maximum absolute atomic E-state index is 10.3. The Bertz CT molecular complexity index is 220. The lowest BCUT2D eigenvalue weighted by molar-refractivity contribution is -0.524. The van der Waals surface area contributed by atoms with Crippen LogP contribution in [0.1, 0.15) is 25.7 Å². The fourth-order valence-corrected chi connectivity index (χ4v) is 0.935. The van der Waals surface area contributed by atoms with Gasteiger partial charge in [0.2, 0.25) is 6.04 Å². The minimum atomic E-state index is -1.12. The molecule has 0 radical (unpaired) electrons. The molecular weight excluding hydrogens is 194 g/mol. The monoisotopic (exact) mass is 205 g/mol. The van der Waals surface area contributed by atoms with Gasteiger partial charge in [0.1, 0.15) is 0 Å². The van der Waals surface area contributed by atoms with Crippen molar-refractivity contribution in [2.45, 2.75) is 31.7 Å². The summed E-state index contributed by atoms with van der Waals surface area (Å²) in [7, 11) is 0. The molecule has 0 spiro atoms. The van der Waals surface area contributed by atoms with Crippen molar-refractivity contribution in [3.63, 3.8) is 0 Å². The van der Waals surface area contributed by atoms with Gasteiger partial charge in [0.15, 0.2) is 0 Å². The van der Waals surface area contributed by atoms with Crippen molar-refractivity contribution in [1.82, 2.24) is 0 Å². The predicted octanol–water partition coefficient (Wildman–Crippen LogP) is 0.361. The van der Waals surface area contributed by atoms with Gasteiger partial charge in [0.05, 0.1) is 12.8 Å². The summed E-state index contributed by atoms with van der Waals surface area (Å²) in [6.45, 7) is 0. The lowest BCUT2D eigenvalue weighted by Crippen LogP contribution is -2.21. The highest BCUT2D eigenvalue weighted by molar-refractivity contribution is 5.67. The summed E-state index contributed by atoms with van der Waals surface area (Å²) in [5, 5.41) is 26.9. The van der Waals surface area contributed by atoms with Crippen molar-refractivity contribution in [3.8, 4) is 0 Å². The smallest absolute Gasteiger partial charge is 0.303 e. The zero-order valence-corrected chi connectivity index (χ0v) is 7.38. The van der Waals surface area contributed by atoms with Crippen molar-refractivity contribution in [2.75, 3.05) is 0 Å². The highest BCUT2D eigenvalue weighted by atomic mass is 16.6. The summed E-state index contributed by atoms with van der Waals surface area (Å²) in [6, 6.07) is -1.08. The molecule has 0 rings (SSSR count). The Morgan fingerprint density at radius 2 is 1.50 bits per heavy atom. The van der Waals surface area contributed by atoms with E-state index in [2.05, 4.69) is 0 Å². The minimum absolute atomic E-state index is 0.129. The highest BCUT2D eigenvalue weighted by Crippen LogP contribution is 2.08. The van der Waals surface area contributed by atoms with E-state index in [1.54, 1.807) is 0 Å². The third-order valence-electron chi connectivity index (χ3n) is 1.68. The van der Waals surface area contributed by atoms with Gasteiger partial charge < -0.3 is 10.2 Å². The van der Waals surface area contributed by atoms with Crippen LogP contribution in [0.15, 0.2) is 0 Å². The van der Waals surface area contributed by atoms with Crippen LogP contribution in [0.5, 0.6) is 0 Å². The molecule has 0 unspecified atom stereocenters. The second-order valence-corrected chi connectivity index (χ2v) is 2.80. The number of carboxylic acid groups (broad SMARTS) is 2. The molecule has 0 aromatic rings. The number of nitro groups is 1. The van der Waals surface area contributed by atoms with Gasteiger partial charge in [-0.25, -0.2) is 0 Å². The fraction of sp³-hybridized carbons (Fsp3) is 0.714. The van der Waals surface area contributed by atoms with E-state index in [-0.39, 0.29) is 25.7 Å². The quantitative estimate of drug-likeness (QED) is 0.457. The number of carbonyl (C=O) groups is 2. The van der Waals surface area contributed by atoms with E-state index >= 15 is 0 Å². The van der Waals surface area contributed by atoms with Gasteiger partial charge >= 0.3 is 11.9 Å². The average Bonchev–Trinajstić information content (AvgIpc) is 2.02. The number of carboxylic acids is 2. The van der Waals surface area contributed by atoms with Crippen molar-refractivity contribution >= 4 is 11.9 Å². The normalized spacial score (nSPS) is 10.1. The predicted molar refractivity (Wildman–Crippen MR) is 44.5 cm³/mol. The third kappa shape index (κ3) is 5.92. The summed E-state index contributed by atoms with van der Waals surface area (Å²) in [4.78, 5) is 30.0. The average molecular weight is 205 g/mol. The molecule has 2 N–H and O–H groups in total. The van der Waals surface area contributed by atoms with E-state index < -0.39 is 22.9 Å². The van der Waals surface area contributed by atoms with Crippen LogP contribution in [0.4, 0.5) is 0 Å². The van der Waals surface area contributed by atoms with E-state index in [1.165, 1.54) is 0 Å². The molecule has 0 aromatic carbocycles. The van der Waals surface area contributed by atoms with E-state index in [1.807, 2.05) is 0 Å². The standard InChI is InChI=1S/C7H11NO6/c9-6(10)3-1-5(8(13)14)2-4-7(11)12/h5H,1-4H2,(H,9,10)(H,11,12). The number of aliphatic carboxylic acids is 2. The van der Waals surface area contributed by atoms with Crippen molar-refractivity contribution in [3.05, 3.63) is 10.1 Å². The molecule has 14 heavy (non-hydrogen) atoms. The van der Waals surface area contributed by atoms with Gasteiger partial charge in [-0.3, -0.25) is 19.7 Å². The van der Waals surface area contributed by atoms with Crippen LogP contribution in [-0.2, 0) is 9.59 Å². The van der Waals surface area contributed by atoms with Crippen LogP contribution in [-0.4, -0.2) is 33.1 Å². The lowest BCUT2D eigenvalue weighted by Gasteiger charge is -2.05. The van der Waals surface area contributed by atoms with E-state index in [4.69, 9.17) is 10.2 Å². The molecule has 0 saturated carbocycles. The Balaban J connectivity index is 3.96. The number of nitrogens with zero attached hydrogens (tertiary/aromatic N) is 1. The van der Waals surface area contributed by atoms with Gasteiger partial charge in [-0.15, -0.1) is 0 Å². The van der Waals surface area contributed by atoms with Crippen LogP contribution in [0.3, 0.4) is 0 Å². The Morgan fingerprint density at radius 3 is 1.71 bits per heavy atom. The summed E-state index contributed by atoms with van der Waals surface area (Å²) in [5.74, 6) is -2.24. The molecular formula is C7H11NO6. The van der Waals surface area contributed by atoms with Crippen LogP contribution >= 0.6 is 0 Å². The van der Waals surface area contributed by atoms with Crippen LogP contribution in [0.25, 0.3) is 0 Å². The Kier molecular flexibility index (Phi) is 5.20. The van der Waals surface area contributed by atoms with Gasteiger partial charge in [0, 0.05) is 17.8 Å². The number of hydrogen-bond donors (Lipinski definition) is 2. The maximum atomic E-state index is 10.3. The fourth-order valence-electron chi connectivity index (χ4n) is 0.935. The first kappa shape index (κ1) is 12.3. The number of rotatable bonds is 7. The van der Waals surface area contributed by atoms with E-state index in [9.17, 15) is 19.7 Å². The Morgan fingerprint density at radius 1 is 1.14 bits per heavy atom. The van der Waals surface area contributed by atoms with Gasteiger partial charge in [0.25, 0.3) is 0 Å². The first-order valence-corrected chi connectivity index (χ1v) is 4.00. The topological polar surface area (TPSA) is 118 Å². The second kappa shape index (κ2) is 5.90. The minimum Gasteiger partial charge on any atom is -0.481 e. The maximum Gasteiger partial charge on any atom is 0.303 e. The molecule has 0 aliphatic heterocycles. The molecule has 7 heteroatoms. The largest absolute Gasteiger partial charge is 0.481 e. The molecule has 0 heterocycles. The summed E-state index contributed by atoms with van der Waals surface area (Å²) >= 11 is 0. The first-order chi connectivity index (χ1) is 6.43. The zero-order valence-electron chi connectivity index (χ0n) is 7.38. The summed E-state index contributed by atoms with van der Waals surface area (Å²) in [6.07, 6.45) is -0.887. The van der Waals surface area contributed by atoms with Crippen LogP contribution in [0.2, 0.25) is 0 Å². The first-order valence-electron chi connectivity index (χ1n) is 4.00. The highest BCUT2D eigenvalue weighted by Gasteiger charge is 2.21. The SMILES string of the molecule is O=C(O)CCC(CCC(=O)O)[N+](=O)[O-]. The molecule has 0 saturated heterocycles. The second-order valence-electron chi connectivity index (χ2n) is 2.80. The molecule has 0 aliphatic rings. The molecule has 0 aliphatic carbocycles. The lowest BCUT2D eigenvalue weighted by atomic mass is 10.1. The van der Waals surface area contributed by atoms with Gasteiger partial charge in [-0.2, -0.15) is 0 Å². The molecule has 0 atom stereocenters. The van der Waals surface area contributed by atoms with E-state index in [0.717, 1.165) is 0 Å².